The maximum Gasteiger partial charge on any atom is 0.326 e. The van der Waals surface area contributed by atoms with Crippen molar-refractivity contribution >= 4 is 21.7 Å². The summed E-state index contributed by atoms with van der Waals surface area (Å²) < 4.78 is 25.3. The minimum atomic E-state index is -3.61. The number of hydrogen-bond donors (Lipinski definition) is 1. The molecule has 1 aliphatic rings. The number of carbonyl (C=O) groups is 2. The number of nitrogens with zero attached hydrogens (tertiary/aromatic N) is 1. The van der Waals surface area contributed by atoms with Crippen molar-refractivity contribution in [3.05, 3.63) is 65.7 Å². The highest BCUT2D eigenvalue weighted by molar-refractivity contribution is 7.90. The van der Waals surface area contributed by atoms with E-state index in [9.17, 15) is 23.1 Å². The molecule has 0 radical (unpaired) electrons. The zero-order chi connectivity index (χ0) is 18.7. The highest BCUT2D eigenvalue weighted by atomic mass is 32.2. The topological polar surface area (TPSA) is 91.8 Å². The Morgan fingerprint density at radius 3 is 2.50 bits per heavy atom. The van der Waals surface area contributed by atoms with Crippen molar-refractivity contribution in [3.8, 4) is 0 Å². The maximum atomic E-state index is 12.7. The van der Waals surface area contributed by atoms with Crippen molar-refractivity contribution in [2.45, 2.75) is 29.5 Å². The standard InChI is InChI=1S/C19H19NO5S/c21-18(20-11-5-10-17(20)19(22)23)15-8-4-9-16(12-15)26(24,25)13-14-6-2-1-3-7-14/h1-4,6-9,12,17H,5,10-11,13H2,(H,22,23)/t17-/m0/s1. The smallest absolute Gasteiger partial charge is 0.326 e. The number of carbonyl (C=O) groups excluding carboxylic acids is 1. The zero-order valence-corrected chi connectivity index (χ0v) is 14.9. The first-order valence-corrected chi connectivity index (χ1v) is 9.94. The summed E-state index contributed by atoms with van der Waals surface area (Å²) in [5.41, 5.74) is 0.849. The van der Waals surface area contributed by atoms with Crippen molar-refractivity contribution in [3.63, 3.8) is 0 Å². The van der Waals surface area contributed by atoms with E-state index in [0.717, 1.165) is 0 Å². The van der Waals surface area contributed by atoms with Crippen LogP contribution in [0.4, 0.5) is 0 Å². The van der Waals surface area contributed by atoms with Crippen LogP contribution in [0.5, 0.6) is 0 Å². The van der Waals surface area contributed by atoms with Crippen LogP contribution >= 0.6 is 0 Å². The van der Waals surface area contributed by atoms with Crippen molar-refractivity contribution in [1.82, 2.24) is 4.90 Å². The van der Waals surface area contributed by atoms with Gasteiger partial charge in [0.15, 0.2) is 9.84 Å². The minimum absolute atomic E-state index is 0.0540. The number of benzene rings is 2. The van der Waals surface area contributed by atoms with Crippen LogP contribution in [0, 0.1) is 0 Å². The first-order valence-electron chi connectivity index (χ1n) is 8.29. The fourth-order valence-corrected chi connectivity index (χ4v) is 4.52. The number of hydrogen-bond acceptors (Lipinski definition) is 4. The second kappa shape index (κ2) is 7.29. The Kier molecular flexibility index (Phi) is 5.08. The molecule has 1 N–H and O–H groups in total. The Balaban J connectivity index is 1.86. The molecule has 1 amide bonds. The predicted octanol–water partition coefficient (Wildman–Crippen LogP) is 2.35. The van der Waals surface area contributed by atoms with Gasteiger partial charge in [-0.15, -0.1) is 0 Å². The van der Waals surface area contributed by atoms with Gasteiger partial charge in [0.05, 0.1) is 10.6 Å². The molecular weight excluding hydrogens is 354 g/mol. The van der Waals surface area contributed by atoms with E-state index < -0.39 is 27.8 Å². The first kappa shape index (κ1) is 18.1. The average molecular weight is 373 g/mol. The van der Waals surface area contributed by atoms with E-state index in [1.807, 2.05) is 6.07 Å². The molecule has 1 saturated heterocycles. The number of likely N-dealkylation sites (tertiary alicyclic amines) is 1. The second-order valence-electron chi connectivity index (χ2n) is 6.27. The predicted molar refractivity (Wildman–Crippen MR) is 95.5 cm³/mol. The van der Waals surface area contributed by atoms with Gasteiger partial charge in [-0.3, -0.25) is 4.79 Å². The number of sulfone groups is 1. The molecule has 2 aromatic carbocycles. The number of aliphatic carboxylic acids is 1. The van der Waals surface area contributed by atoms with Crippen LogP contribution < -0.4 is 0 Å². The van der Waals surface area contributed by atoms with Crippen molar-refractivity contribution in [1.29, 1.82) is 0 Å². The Morgan fingerprint density at radius 1 is 1.08 bits per heavy atom. The van der Waals surface area contributed by atoms with E-state index in [-0.39, 0.29) is 16.2 Å². The van der Waals surface area contributed by atoms with Gasteiger partial charge in [-0.25, -0.2) is 13.2 Å². The summed E-state index contributed by atoms with van der Waals surface area (Å²) in [6.45, 7) is 0.358. The van der Waals surface area contributed by atoms with Crippen LogP contribution in [0.15, 0.2) is 59.5 Å². The van der Waals surface area contributed by atoms with Crippen molar-refractivity contribution in [2.75, 3.05) is 6.54 Å². The van der Waals surface area contributed by atoms with Crippen LogP contribution in [0.2, 0.25) is 0 Å². The molecular formula is C19H19NO5S. The number of carboxylic acids is 1. The highest BCUT2D eigenvalue weighted by Crippen LogP contribution is 2.23. The molecule has 0 spiro atoms. The number of amides is 1. The van der Waals surface area contributed by atoms with Gasteiger partial charge in [0.2, 0.25) is 0 Å². The lowest BCUT2D eigenvalue weighted by Crippen LogP contribution is -2.40. The molecule has 136 valence electrons. The Bertz CT molecular complexity index is 924. The molecule has 2 aromatic rings. The summed E-state index contributed by atoms with van der Waals surface area (Å²) in [7, 11) is -3.61. The summed E-state index contributed by atoms with van der Waals surface area (Å²) in [6, 6.07) is 13.8. The molecule has 0 bridgehead atoms. The monoisotopic (exact) mass is 373 g/mol. The molecule has 1 atom stereocenters. The Morgan fingerprint density at radius 2 is 1.81 bits per heavy atom. The summed E-state index contributed by atoms with van der Waals surface area (Å²) in [4.78, 5) is 25.3. The lowest BCUT2D eigenvalue weighted by atomic mass is 10.1. The SMILES string of the molecule is O=C(O)[C@@H]1CCCN1C(=O)c1cccc(S(=O)(=O)Cc2ccccc2)c1. The van der Waals surface area contributed by atoms with Crippen LogP contribution in [0.1, 0.15) is 28.8 Å². The van der Waals surface area contributed by atoms with Gasteiger partial charge >= 0.3 is 5.97 Å². The molecule has 26 heavy (non-hydrogen) atoms. The largest absolute Gasteiger partial charge is 0.480 e. The van der Waals surface area contributed by atoms with Crippen molar-refractivity contribution < 1.29 is 23.1 Å². The van der Waals surface area contributed by atoms with Gasteiger partial charge in [0.25, 0.3) is 5.91 Å². The molecule has 0 aromatic heterocycles. The molecule has 1 heterocycles. The van der Waals surface area contributed by atoms with Crippen LogP contribution in [-0.2, 0) is 20.4 Å². The van der Waals surface area contributed by atoms with Gasteiger partial charge in [-0.2, -0.15) is 0 Å². The number of carboxylic acid groups (broad SMARTS) is 1. The van der Waals surface area contributed by atoms with E-state index in [0.29, 0.717) is 24.9 Å². The Hall–Kier alpha value is -2.67. The third kappa shape index (κ3) is 3.77. The second-order valence-corrected chi connectivity index (χ2v) is 8.26. The van der Waals surface area contributed by atoms with Gasteiger partial charge in [0, 0.05) is 12.1 Å². The van der Waals surface area contributed by atoms with Crippen molar-refractivity contribution in [2.24, 2.45) is 0 Å². The van der Waals surface area contributed by atoms with Gasteiger partial charge in [0.1, 0.15) is 6.04 Å². The first-order chi connectivity index (χ1) is 12.4. The van der Waals surface area contributed by atoms with Gasteiger partial charge < -0.3 is 10.0 Å². The fourth-order valence-electron chi connectivity index (χ4n) is 3.13. The zero-order valence-electron chi connectivity index (χ0n) is 14.0. The van der Waals surface area contributed by atoms with Gasteiger partial charge in [-0.05, 0) is 36.6 Å². The third-order valence-corrected chi connectivity index (χ3v) is 6.12. The molecule has 0 aliphatic carbocycles. The van der Waals surface area contributed by atoms with E-state index in [4.69, 9.17) is 0 Å². The molecule has 6 nitrogen and oxygen atoms in total. The summed E-state index contributed by atoms with van der Waals surface area (Å²) in [5.74, 6) is -1.65. The average Bonchev–Trinajstić information content (AvgIpc) is 3.12. The molecule has 1 aliphatic heterocycles. The fraction of sp³-hybridized carbons (Fsp3) is 0.263. The maximum absolute atomic E-state index is 12.7. The number of rotatable bonds is 5. The van der Waals surface area contributed by atoms with E-state index >= 15 is 0 Å². The molecule has 7 heteroatoms. The normalized spacial score (nSPS) is 17.2. The lowest BCUT2D eigenvalue weighted by Gasteiger charge is -2.21. The molecule has 0 unspecified atom stereocenters. The lowest BCUT2D eigenvalue weighted by molar-refractivity contribution is -0.141. The third-order valence-electron chi connectivity index (χ3n) is 4.44. The van der Waals surface area contributed by atoms with E-state index in [1.54, 1.807) is 24.3 Å². The minimum Gasteiger partial charge on any atom is -0.480 e. The molecule has 0 saturated carbocycles. The van der Waals surface area contributed by atoms with Crippen LogP contribution in [0.25, 0.3) is 0 Å². The van der Waals surface area contributed by atoms with E-state index in [2.05, 4.69) is 0 Å². The molecule has 1 fully saturated rings. The Labute approximate surface area is 152 Å². The van der Waals surface area contributed by atoms with Crippen LogP contribution in [0.3, 0.4) is 0 Å². The van der Waals surface area contributed by atoms with Gasteiger partial charge in [-0.1, -0.05) is 36.4 Å². The summed E-state index contributed by atoms with van der Waals surface area (Å²) in [5, 5.41) is 9.24. The summed E-state index contributed by atoms with van der Waals surface area (Å²) >= 11 is 0. The van der Waals surface area contributed by atoms with Crippen LogP contribution in [-0.4, -0.2) is 42.9 Å². The van der Waals surface area contributed by atoms with E-state index in [1.165, 1.54) is 29.2 Å². The highest BCUT2D eigenvalue weighted by Gasteiger charge is 2.34. The quantitative estimate of drug-likeness (QED) is 0.869. The molecule has 3 rings (SSSR count). The summed E-state index contributed by atoms with van der Waals surface area (Å²) in [6.07, 6.45) is 1.03.